The number of aryl methyl sites for hydroxylation is 1. The Bertz CT molecular complexity index is 829. The highest BCUT2D eigenvalue weighted by Crippen LogP contribution is 2.21. The van der Waals surface area contributed by atoms with Gasteiger partial charge in [0.15, 0.2) is 0 Å². The average molecular weight is 381 g/mol. The van der Waals surface area contributed by atoms with Crippen LogP contribution in [0.4, 0.5) is 11.5 Å². The Morgan fingerprint density at radius 3 is 2.68 bits per heavy atom. The number of carbonyl (C=O) groups excluding carboxylic acids is 1. The van der Waals surface area contributed by atoms with Gasteiger partial charge in [0.25, 0.3) is 5.91 Å². The van der Waals surface area contributed by atoms with Crippen LogP contribution in [0.2, 0.25) is 0 Å². The van der Waals surface area contributed by atoms with E-state index in [2.05, 4.69) is 43.3 Å². The number of ether oxygens (including phenoxy) is 1. The summed E-state index contributed by atoms with van der Waals surface area (Å²) in [4.78, 5) is 25.9. The van der Waals surface area contributed by atoms with Crippen molar-refractivity contribution in [2.24, 2.45) is 0 Å². The number of hydrogen-bond donors (Lipinski definition) is 1. The average Bonchev–Trinajstić information content (AvgIpc) is 3.24. The summed E-state index contributed by atoms with van der Waals surface area (Å²) in [7, 11) is 0. The van der Waals surface area contributed by atoms with Gasteiger partial charge < -0.3 is 15.0 Å². The number of likely N-dealkylation sites (tertiary alicyclic amines) is 1. The largest absolute Gasteiger partial charge is 0.378 e. The zero-order chi connectivity index (χ0) is 19.3. The van der Waals surface area contributed by atoms with E-state index >= 15 is 0 Å². The van der Waals surface area contributed by atoms with Gasteiger partial charge >= 0.3 is 0 Å². The van der Waals surface area contributed by atoms with E-state index in [9.17, 15) is 4.79 Å². The molecule has 0 spiro atoms. The normalized spacial score (nSPS) is 17.7. The molecule has 0 saturated carbocycles. The van der Waals surface area contributed by atoms with E-state index < -0.39 is 0 Å². The molecule has 1 aromatic carbocycles. The Hall–Kier alpha value is -2.51. The highest BCUT2D eigenvalue weighted by atomic mass is 16.5. The molecule has 4 rings (SSSR count). The first-order valence-electron chi connectivity index (χ1n) is 9.97. The zero-order valence-corrected chi connectivity index (χ0v) is 16.4. The van der Waals surface area contributed by atoms with Gasteiger partial charge in [0.05, 0.1) is 13.2 Å². The van der Waals surface area contributed by atoms with Crippen molar-refractivity contribution in [2.45, 2.75) is 26.3 Å². The van der Waals surface area contributed by atoms with E-state index in [1.165, 1.54) is 24.7 Å². The minimum atomic E-state index is -0.210. The summed E-state index contributed by atoms with van der Waals surface area (Å²) in [6, 6.07) is 8.05. The Morgan fingerprint density at radius 1 is 1.11 bits per heavy atom. The highest BCUT2D eigenvalue weighted by Gasteiger charge is 2.17. The van der Waals surface area contributed by atoms with Crippen LogP contribution in [0.3, 0.4) is 0 Å². The summed E-state index contributed by atoms with van der Waals surface area (Å²) in [6.45, 7) is 8.14. The van der Waals surface area contributed by atoms with Crippen LogP contribution in [0.1, 0.15) is 34.5 Å². The maximum atomic E-state index is 12.8. The number of anilines is 2. The number of hydrogen-bond acceptors (Lipinski definition) is 6. The highest BCUT2D eigenvalue weighted by molar-refractivity contribution is 6.03. The first-order chi connectivity index (χ1) is 13.7. The van der Waals surface area contributed by atoms with E-state index in [0.717, 1.165) is 49.8 Å². The zero-order valence-electron chi connectivity index (χ0n) is 16.4. The van der Waals surface area contributed by atoms with Crippen LogP contribution in [0, 0.1) is 6.92 Å². The van der Waals surface area contributed by atoms with Crippen molar-refractivity contribution < 1.29 is 9.53 Å². The standard InChI is InChI=1S/C21H27N5O2/c1-16-4-5-17(14-25-6-2-3-7-25)12-18(16)24-21(27)19-13-20(23-15-22-19)26-8-10-28-11-9-26/h4-5,12-13,15H,2-3,6-11,14H2,1H3,(H,24,27). The van der Waals surface area contributed by atoms with E-state index in [-0.39, 0.29) is 5.91 Å². The molecule has 0 unspecified atom stereocenters. The molecule has 3 heterocycles. The van der Waals surface area contributed by atoms with Crippen molar-refractivity contribution in [3.05, 3.63) is 47.4 Å². The molecular weight excluding hydrogens is 354 g/mol. The van der Waals surface area contributed by atoms with Crippen LogP contribution in [-0.4, -0.2) is 60.2 Å². The summed E-state index contributed by atoms with van der Waals surface area (Å²) in [5.74, 6) is 0.557. The lowest BCUT2D eigenvalue weighted by Crippen LogP contribution is -2.37. The molecule has 2 aliphatic rings. The van der Waals surface area contributed by atoms with Gasteiger partial charge in [0.2, 0.25) is 0 Å². The van der Waals surface area contributed by atoms with Crippen molar-refractivity contribution >= 4 is 17.4 Å². The van der Waals surface area contributed by atoms with Crippen LogP contribution in [-0.2, 0) is 11.3 Å². The topological polar surface area (TPSA) is 70.6 Å². The first-order valence-corrected chi connectivity index (χ1v) is 9.97. The molecule has 2 aromatic rings. The molecular formula is C21H27N5O2. The number of nitrogens with zero attached hydrogens (tertiary/aromatic N) is 4. The Morgan fingerprint density at radius 2 is 1.89 bits per heavy atom. The molecule has 28 heavy (non-hydrogen) atoms. The lowest BCUT2D eigenvalue weighted by Gasteiger charge is -2.27. The molecule has 0 atom stereocenters. The van der Waals surface area contributed by atoms with Crippen molar-refractivity contribution in [2.75, 3.05) is 49.6 Å². The second-order valence-corrected chi connectivity index (χ2v) is 7.45. The van der Waals surface area contributed by atoms with E-state index in [4.69, 9.17) is 4.74 Å². The molecule has 7 heteroatoms. The van der Waals surface area contributed by atoms with Crippen molar-refractivity contribution in [1.29, 1.82) is 0 Å². The monoisotopic (exact) mass is 381 g/mol. The van der Waals surface area contributed by atoms with Gasteiger partial charge in [0, 0.05) is 31.4 Å². The van der Waals surface area contributed by atoms with Crippen LogP contribution in [0.25, 0.3) is 0 Å². The smallest absolute Gasteiger partial charge is 0.274 e. The minimum Gasteiger partial charge on any atom is -0.378 e. The Balaban J connectivity index is 1.47. The fourth-order valence-corrected chi connectivity index (χ4v) is 3.72. The van der Waals surface area contributed by atoms with Crippen molar-refractivity contribution in [3.8, 4) is 0 Å². The second-order valence-electron chi connectivity index (χ2n) is 7.45. The molecule has 148 valence electrons. The van der Waals surface area contributed by atoms with E-state index in [1.54, 1.807) is 6.07 Å². The molecule has 1 amide bonds. The van der Waals surface area contributed by atoms with Gasteiger partial charge in [-0.15, -0.1) is 0 Å². The lowest BCUT2D eigenvalue weighted by atomic mass is 10.1. The predicted molar refractivity (Wildman–Crippen MR) is 109 cm³/mol. The van der Waals surface area contributed by atoms with Gasteiger partial charge in [0.1, 0.15) is 17.8 Å². The number of morpholine rings is 1. The van der Waals surface area contributed by atoms with Gasteiger partial charge in [-0.3, -0.25) is 9.69 Å². The van der Waals surface area contributed by atoms with Gasteiger partial charge in [-0.05, 0) is 50.0 Å². The molecule has 1 N–H and O–H groups in total. The molecule has 2 fully saturated rings. The lowest BCUT2D eigenvalue weighted by molar-refractivity contribution is 0.102. The quantitative estimate of drug-likeness (QED) is 0.858. The maximum Gasteiger partial charge on any atom is 0.274 e. The number of aromatic nitrogens is 2. The predicted octanol–water partition coefficient (Wildman–Crippen LogP) is 2.47. The molecule has 2 aliphatic heterocycles. The summed E-state index contributed by atoms with van der Waals surface area (Å²) in [6.07, 6.45) is 4.00. The summed E-state index contributed by atoms with van der Waals surface area (Å²) >= 11 is 0. The Kier molecular flexibility index (Phi) is 5.83. The number of carbonyl (C=O) groups is 1. The molecule has 7 nitrogen and oxygen atoms in total. The van der Waals surface area contributed by atoms with Crippen LogP contribution in [0.5, 0.6) is 0 Å². The van der Waals surface area contributed by atoms with Crippen LogP contribution >= 0.6 is 0 Å². The van der Waals surface area contributed by atoms with Gasteiger partial charge in [-0.1, -0.05) is 12.1 Å². The molecule has 1 aromatic heterocycles. The molecule has 2 saturated heterocycles. The van der Waals surface area contributed by atoms with Crippen LogP contribution < -0.4 is 10.2 Å². The Labute approximate surface area is 165 Å². The number of amides is 1. The van der Waals surface area contributed by atoms with Gasteiger partial charge in [-0.2, -0.15) is 0 Å². The third-order valence-corrected chi connectivity index (χ3v) is 5.38. The van der Waals surface area contributed by atoms with Crippen molar-refractivity contribution in [1.82, 2.24) is 14.9 Å². The molecule has 0 bridgehead atoms. The number of rotatable bonds is 5. The van der Waals surface area contributed by atoms with E-state index in [1.807, 2.05) is 6.92 Å². The summed E-state index contributed by atoms with van der Waals surface area (Å²) < 4.78 is 5.38. The van der Waals surface area contributed by atoms with Crippen LogP contribution in [0.15, 0.2) is 30.6 Å². The summed E-state index contributed by atoms with van der Waals surface area (Å²) in [5, 5.41) is 3.03. The third kappa shape index (κ3) is 4.48. The number of nitrogens with one attached hydrogen (secondary N) is 1. The fourth-order valence-electron chi connectivity index (χ4n) is 3.72. The van der Waals surface area contributed by atoms with E-state index in [0.29, 0.717) is 18.9 Å². The number of benzene rings is 1. The molecule has 0 aliphatic carbocycles. The minimum absolute atomic E-state index is 0.210. The fraction of sp³-hybridized carbons (Fsp3) is 0.476. The SMILES string of the molecule is Cc1ccc(CN2CCCC2)cc1NC(=O)c1cc(N2CCOCC2)ncn1. The maximum absolute atomic E-state index is 12.8. The second kappa shape index (κ2) is 8.67. The third-order valence-electron chi connectivity index (χ3n) is 5.38. The van der Waals surface area contributed by atoms with Crippen molar-refractivity contribution in [3.63, 3.8) is 0 Å². The summed E-state index contributed by atoms with van der Waals surface area (Å²) in [5.41, 5.74) is 3.48. The van der Waals surface area contributed by atoms with Gasteiger partial charge in [-0.25, -0.2) is 9.97 Å². The first kappa shape index (κ1) is 18.8. The molecule has 0 radical (unpaired) electrons.